The van der Waals surface area contributed by atoms with Crippen molar-refractivity contribution in [3.8, 4) is 17.2 Å². The molecular weight excluding hydrogens is 320 g/mol. The van der Waals surface area contributed by atoms with Gasteiger partial charge in [-0.05, 0) is 38.1 Å². The zero-order valence-electron chi connectivity index (χ0n) is 15.3. The third-order valence-corrected chi connectivity index (χ3v) is 4.33. The number of hydrogen-bond donors (Lipinski definition) is 1. The Morgan fingerprint density at radius 3 is 2.32 bits per heavy atom. The molecule has 1 saturated heterocycles. The fourth-order valence-corrected chi connectivity index (χ4v) is 2.93. The summed E-state index contributed by atoms with van der Waals surface area (Å²) in [5, 5.41) is 2.92. The van der Waals surface area contributed by atoms with Gasteiger partial charge in [-0.15, -0.1) is 0 Å². The van der Waals surface area contributed by atoms with E-state index in [2.05, 4.69) is 10.2 Å². The van der Waals surface area contributed by atoms with E-state index in [0.29, 0.717) is 23.8 Å². The molecular formula is C19H28N2O4. The highest BCUT2D eigenvalue weighted by atomic mass is 16.5. The summed E-state index contributed by atoms with van der Waals surface area (Å²) < 4.78 is 15.9. The third kappa shape index (κ3) is 5.67. The van der Waals surface area contributed by atoms with Crippen molar-refractivity contribution < 1.29 is 19.0 Å². The molecule has 1 aliphatic heterocycles. The number of methoxy groups -OCH3 is 3. The first-order valence-electron chi connectivity index (χ1n) is 8.66. The molecule has 0 atom stereocenters. The second-order valence-electron chi connectivity index (χ2n) is 5.98. The molecule has 1 amide bonds. The number of carbonyl (C=O) groups is 1. The predicted octanol–water partition coefficient (Wildman–Crippen LogP) is 2.33. The van der Waals surface area contributed by atoms with Gasteiger partial charge in [-0.25, -0.2) is 0 Å². The topological polar surface area (TPSA) is 60.0 Å². The number of nitrogens with one attached hydrogen (secondary N) is 1. The van der Waals surface area contributed by atoms with Gasteiger partial charge < -0.3 is 24.4 Å². The molecule has 0 bridgehead atoms. The SMILES string of the molecule is COc1cc(OC)c(OC)cc1/C=C/C(=O)NCCN1CCCCC1. The molecule has 1 aromatic rings. The van der Waals surface area contributed by atoms with Crippen molar-refractivity contribution >= 4 is 12.0 Å². The third-order valence-electron chi connectivity index (χ3n) is 4.33. The lowest BCUT2D eigenvalue weighted by Gasteiger charge is -2.26. The first-order valence-corrected chi connectivity index (χ1v) is 8.66. The van der Waals surface area contributed by atoms with Gasteiger partial charge in [0, 0.05) is 30.8 Å². The van der Waals surface area contributed by atoms with E-state index in [4.69, 9.17) is 14.2 Å². The molecule has 1 fully saturated rings. The van der Waals surface area contributed by atoms with Crippen molar-refractivity contribution in [2.45, 2.75) is 19.3 Å². The zero-order chi connectivity index (χ0) is 18.1. The van der Waals surface area contributed by atoms with E-state index < -0.39 is 0 Å². The van der Waals surface area contributed by atoms with Crippen LogP contribution in [0.2, 0.25) is 0 Å². The lowest BCUT2D eigenvalue weighted by molar-refractivity contribution is -0.116. The van der Waals surface area contributed by atoms with Crippen LogP contribution in [0.5, 0.6) is 17.2 Å². The largest absolute Gasteiger partial charge is 0.496 e. The monoisotopic (exact) mass is 348 g/mol. The van der Waals surface area contributed by atoms with Gasteiger partial charge >= 0.3 is 0 Å². The van der Waals surface area contributed by atoms with Gasteiger partial charge in [0.1, 0.15) is 5.75 Å². The summed E-state index contributed by atoms with van der Waals surface area (Å²) >= 11 is 0. The molecule has 1 aromatic carbocycles. The Kier molecular flexibility index (Phi) is 7.60. The molecule has 138 valence electrons. The summed E-state index contributed by atoms with van der Waals surface area (Å²) in [6.45, 7) is 3.83. The normalized spacial score (nSPS) is 15.2. The number of hydrogen-bond acceptors (Lipinski definition) is 5. The number of nitrogens with zero attached hydrogens (tertiary/aromatic N) is 1. The maximum Gasteiger partial charge on any atom is 0.244 e. The van der Waals surface area contributed by atoms with Crippen LogP contribution in [0.4, 0.5) is 0 Å². The zero-order valence-corrected chi connectivity index (χ0v) is 15.3. The van der Waals surface area contributed by atoms with E-state index >= 15 is 0 Å². The van der Waals surface area contributed by atoms with E-state index in [9.17, 15) is 4.79 Å². The molecule has 6 heteroatoms. The van der Waals surface area contributed by atoms with Crippen LogP contribution < -0.4 is 19.5 Å². The maximum atomic E-state index is 12.0. The van der Waals surface area contributed by atoms with Gasteiger partial charge in [-0.3, -0.25) is 4.79 Å². The summed E-state index contributed by atoms with van der Waals surface area (Å²) in [4.78, 5) is 14.4. The molecule has 25 heavy (non-hydrogen) atoms. The highest BCUT2D eigenvalue weighted by Gasteiger charge is 2.11. The van der Waals surface area contributed by atoms with Crippen LogP contribution >= 0.6 is 0 Å². The number of benzene rings is 1. The molecule has 1 N–H and O–H groups in total. The van der Waals surface area contributed by atoms with E-state index in [0.717, 1.165) is 25.2 Å². The standard InChI is InChI=1S/C19H28N2O4/c1-23-16-14-18(25-3)17(24-2)13-15(16)7-8-19(22)20-9-12-21-10-5-4-6-11-21/h7-8,13-14H,4-6,9-12H2,1-3H3,(H,20,22)/b8-7+. The van der Waals surface area contributed by atoms with Crippen LogP contribution in [-0.4, -0.2) is 58.3 Å². The molecule has 0 saturated carbocycles. The number of carbonyl (C=O) groups excluding carboxylic acids is 1. The highest BCUT2D eigenvalue weighted by Crippen LogP contribution is 2.35. The summed E-state index contributed by atoms with van der Waals surface area (Å²) in [7, 11) is 4.73. The Morgan fingerprint density at radius 1 is 1.04 bits per heavy atom. The van der Waals surface area contributed by atoms with Gasteiger partial charge in [0.05, 0.1) is 21.3 Å². The van der Waals surface area contributed by atoms with Gasteiger partial charge in [0.25, 0.3) is 0 Å². The predicted molar refractivity (Wildman–Crippen MR) is 98.4 cm³/mol. The number of rotatable bonds is 8. The Hall–Kier alpha value is -2.21. The van der Waals surface area contributed by atoms with Crippen molar-refractivity contribution in [1.29, 1.82) is 0 Å². The van der Waals surface area contributed by atoms with Crippen LogP contribution in [0.1, 0.15) is 24.8 Å². The average Bonchev–Trinajstić information content (AvgIpc) is 2.66. The summed E-state index contributed by atoms with van der Waals surface area (Å²) in [6, 6.07) is 3.53. The van der Waals surface area contributed by atoms with Crippen LogP contribution in [0.25, 0.3) is 6.08 Å². The smallest absolute Gasteiger partial charge is 0.244 e. The molecule has 0 aliphatic carbocycles. The first kappa shape index (κ1) is 19.1. The van der Waals surface area contributed by atoms with Gasteiger partial charge in [0.2, 0.25) is 5.91 Å². The van der Waals surface area contributed by atoms with Crippen molar-refractivity contribution in [2.24, 2.45) is 0 Å². The molecule has 0 radical (unpaired) electrons. The van der Waals surface area contributed by atoms with Crippen LogP contribution in [0, 0.1) is 0 Å². The first-order chi connectivity index (χ1) is 12.2. The summed E-state index contributed by atoms with van der Waals surface area (Å²) in [5.74, 6) is 1.68. The average molecular weight is 348 g/mol. The number of piperidine rings is 1. The lowest BCUT2D eigenvalue weighted by Crippen LogP contribution is -2.37. The minimum Gasteiger partial charge on any atom is -0.496 e. The molecule has 1 aliphatic rings. The summed E-state index contributed by atoms with van der Waals surface area (Å²) in [5.41, 5.74) is 0.756. The second-order valence-corrected chi connectivity index (χ2v) is 5.98. The maximum absolute atomic E-state index is 12.0. The van der Waals surface area contributed by atoms with Crippen molar-refractivity contribution in [3.63, 3.8) is 0 Å². The Labute approximate surface area is 149 Å². The van der Waals surface area contributed by atoms with E-state index in [1.807, 2.05) is 0 Å². The van der Waals surface area contributed by atoms with Crippen LogP contribution in [0.3, 0.4) is 0 Å². The quantitative estimate of drug-likeness (QED) is 0.731. The number of likely N-dealkylation sites (tertiary alicyclic amines) is 1. The molecule has 2 rings (SSSR count). The molecule has 0 unspecified atom stereocenters. The molecule has 0 spiro atoms. The van der Waals surface area contributed by atoms with E-state index in [1.165, 1.54) is 25.3 Å². The van der Waals surface area contributed by atoms with Crippen LogP contribution in [-0.2, 0) is 4.79 Å². The fraction of sp³-hybridized carbons (Fsp3) is 0.526. The summed E-state index contributed by atoms with van der Waals surface area (Å²) in [6.07, 6.45) is 7.07. The molecule has 6 nitrogen and oxygen atoms in total. The van der Waals surface area contributed by atoms with Gasteiger partial charge in [-0.1, -0.05) is 6.42 Å². The second kappa shape index (κ2) is 9.93. The van der Waals surface area contributed by atoms with Crippen molar-refractivity contribution in [3.05, 3.63) is 23.8 Å². The van der Waals surface area contributed by atoms with Crippen molar-refractivity contribution in [2.75, 3.05) is 47.5 Å². The van der Waals surface area contributed by atoms with Gasteiger partial charge in [-0.2, -0.15) is 0 Å². The van der Waals surface area contributed by atoms with Gasteiger partial charge in [0.15, 0.2) is 11.5 Å². The lowest BCUT2D eigenvalue weighted by atomic mass is 10.1. The van der Waals surface area contributed by atoms with Crippen LogP contribution in [0.15, 0.2) is 18.2 Å². The highest BCUT2D eigenvalue weighted by molar-refractivity contribution is 5.92. The van der Waals surface area contributed by atoms with E-state index in [-0.39, 0.29) is 5.91 Å². The van der Waals surface area contributed by atoms with Crippen molar-refractivity contribution in [1.82, 2.24) is 10.2 Å². The minimum atomic E-state index is -0.117. The Morgan fingerprint density at radius 2 is 1.68 bits per heavy atom. The minimum absolute atomic E-state index is 0.117. The van der Waals surface area contributed by atoms with E-state index in [1.54, 1.807) is 39.5 Å². The fourth-order valence-electron chi connectivity index (χ4n) is 2.93. The number of ether oxygens (including phenoxy) is 3. The molecule has 1 heterocycles. The Balaban J connectivity index is 1.91. The Bertz CT molecular complexity index is 595. The number of amides is 1. The molecule has 0 aromatic heterocycles.